The average Bonchev–Trinajstić information content (AvgIpc) is 2.30. The fourth-order valence-electron chi connectivity index (χ4n) is 1.56. The van der Waals surface area contributed by atoms with Crippen LogP contribution in [0.4, 0.5) is 0 Å². The van der Waals surface area contributed by atoms with Crippen LogP contribution in [0.5, 0.6) is 0 Å². The number of halogens is 2. The Morgan fingerprint density at radius 3 is 2.33 bits per heavy atom. The Bertz CT molecular complexity index is 409. The van der Waals surface area contributed by atoms with Crippen LogP contribution in [0.25, 0.3) is 0 Å². The van der Waals surface area contributed by atoms with E-state index in [9.17, 15) is 15.3 Å². The van der Waals surface area contributed by atoms with E-state index in [1.165, 1.54) is 13.0 Å². The molecule has 4 nitrogen and oxygen atoms in total. The molecule has 0 fully saturated rings. The lowest BCUT2D eigenvalue weighted by molar-refractivity contribution is -0.104. The van der Waals surface area contributed by atoms with Gasteiger partial charge >= 0.3 is 0 Å². The lowest BCUT2D eigenvalue weighted by Crippen LogP contribution is -2.42. The van der Waals surface area contributed by atoms with E-state index in [1.54, 1.807) is 12.1 Å². The highest BCUT2D eigenvalue weighted by atomic mass is 35.5. The monoisotopic (exact) mass is 294 g/mol. The maximum absolute atomic E-state index is 9.96. The maximum atomic E-state index is 9.96. The van der Waals surface area contributed by atoms with E-state index in [1.807, 2.05) is 0 Å². The van der Waals surface area contributed by atoms with Crippen molar-refractivity contribution >= 4 is 23.2 Å². The van der Waals surface area contributed by atoms with E-state index in [0.717, 1.165) is 0 Å². The molecule has 102 valence electrons. The van der Waals surface area contributed by atoms with Gasteiger partial charge < -0.3 is 20.4 Å². The van der Waals surface area contributed by atoms with E-state index in [4.69, 9.17) is 28.3 Å². The molecule has 0 aliphatic carbocycles. The fraction of sp³-hybridized carbons (Fsp3) is 0.500. The predicted molar refractivity (Wildman–Crippen MR) is 69.8 cm³/mol. The van der Waals surface area contributed by atoms with E-state index < -0.39 is 24.4 Å². The minimum Gasteiger partial charge on any atom is -0.394 e. The summed E-state index contributed by atoms with van der Waals surface area (Å²) in [6.07, 6.45) is -2.47. The van der Waals surface area contributed by atoms with Crippen LogP contribution < -0.4 is 0 Å². The van der Waals surface area contributed by atoms with Crippen molar-refractivity contribution in [1.29, 1.82) is 0 Å². The van der Waals surface area contributed by atoms with Gasteiger partial charge in [0.1, 0.15) is 6.10 Å². The number of hydrogen-bond donors (Lipinski definition) is 4. The molecule has 1 aromatic carbocycles. The number of hydrogen-bond acceptors (Lipinski definition) is 4. The zero-order valence-electron chi connectivity index (χ0n) is 9.85. The van der Waals surface area contributed by atoms with Gasteiger partial charge in [0.15, 0.2) is 0 Å². The molecule has 0 saturated heterocycles. The third-order valence-corrected chi connectivity index (χ3v) is 3.56. The van der Waals surface area contributed by atoms with E-state index in [2.05, 4.69) is 0 Å². The number of aliphatic hydroxyl groups is 4. The van der Waals surface area contributed by atoms with Crippen molar-refractivity contribution in [3.63, 3.8) is 0 Å². The van der Waals surface area contributed by atoms with Crippen LogP contribution >= 0.6 is 23.2 Å². The van der Waals surface area contributed by atoms with Gasteiger partial charge in [0.05, 0.1) is 28.4 Å². The lowest BCUT2D eigenvalue weighted by Gasteiger charge is -2.30. The first-order chi connectivity index (χ1) is 8.27. The molecule has 0 aliphatic rings. The Morgan fingerprint density at radius 1 is 1.22 bits per heavy atom. The Morgan fingerprint density at radius 2 is 1.83 bits per heavy atom. The molecule has 0 aliphatic heterocycles. The molecule has 0 aromatic heterocycles. The summed E-state index contributed by atoms with van der Waals surface area (Å²) in [6, 6.07) is 4.62. The summed E-state index contributed by atoms with van der Waals surface area (Å²) in [6.45, 7) is 0.760. The molecular formula is C12H16Cl2O4. The van der Waals surface area contributed by atoms with Crippen molar-refractivity contribution in [2.24, 2.45) is 0 Å². The molecule has 18 heavy (non-hydrogen) atoms. The number of benzene rings is 1. The van der Waals surface area contributed by atoms with Crippen LogP contribution in [-0.4, -0.2) is 38.7 Å². The molecule has 1 rings (SSSR count). The molecule has 0 amide bonds. The van der Waals surface area contributed by atoms with Gasteiger partial charge in [-0.3, -0.25) is 0 Å². The first-order valence-corrected chi connectivity index (χ1v) is 6.18. The van der Waals surface area contributed by atoms with Crippen LogP contribution in [0, 0.1) is 0 Å². The smallest absolute Gasteiger partial charge is 0.105 e. The summed E-state index contributed by atoms with van der Waals surface area (Å²) >= 11 is 11.6. The Kier molecular flexibility index (Phi) is 5.40. The summed E-state index contributed by atoms with van der Waals surface area (Å²) in [5.74, 6) is 0. The maximum Gasteiger partial charge on any atom is 0.105 e. The first-order valence-electron chi connectivity index (χ1n) is 5.42. The third-order valence-electron chi connectivity index (χ3n) is 2.83. The Balaban J connectivity index is 2.81. The summed E-state index contributed by atoms with van der Waals surface area (Å²) in [4.78, 5) is 0. The third kappa shape index (κ3) is 3.82. The molecule has 4 N–H and O–H groups in total. The second kappa shape index (κ2) is 6.19. The van der Waals surface area contributed by atoms with Crippen molar-refractivity contribution in [3.8, 4) is 0 Å². The Labute approximate surface area is 115 Å². The minimum atomic E-state index is -1.60. The summed E-state index contributed by atoms with van der Waals surface area (Å²) < 4.78 is 0. The molecule has 6 heteroatoms. The van der Waals surface area contributed by atoms with Gasteiger partial charge in [0, 0.05) is 6.42 Å². The topological polar surface area (TPSA) is 80.9 Å². The number of rotatable bonds is 5. The summed E-state index contributed by atoms with van der Waals surface area (Å²) in [5, 5.41) is 38.8. The van der Waals surface area contributed by atoms with Gasteiger partial charge in [-0.2, -0.15) is 0 Å². The minimum absolute atomic E-state index is 0.132. The van der Waals surface area contributed by atoms with E-state index >= 15 is 0 Å². The molecule has 0 heterocycles. The zero-order chi connectivity index (χ0) is 13.9. The zero-order valence-corrected chi connectivity index (χ0v) is 11.4. The molecular weight excluding hydrogens is 279 g/mol. The van der Waals surface area contributed by atoms with E-state index in [0.29, 0.717) is 15.6 Å². The van der Waals surface area contributed by atoms with Gasteiger partial charge in [-0.1, -0.05) is 29.3 Å². The van der Waals surface area contributed by atoms with Crippen molar-refractivity contribution in [1.82, 2.24) is 0 Å². The highest BCUT2D eigenvalue weighted by Crippen LogP contribution is 2.30. The van der Waals surface area contributed by atoms with Crippen molar-refractivity contribution in [2.45, 2.75) is 31.2 Å². The lowest BCUT2D eigenvalue weighted by atomic mass is 9.90. The normalized spacial score (nSPS) is 18.2. The molecule has 0 spiro atoms. The molecule has 2 unspecified atom stereocenters. The van der Waals surface area contributed by atoms with Gasteiger partial charge in [-0.15, -0.1) is 0 Å². The van der Waals surface area contributed by atoms with Gasteiger partial charge in [0.25, 0.3) is 0 Å². The predicted octanol–water partition coefficient (Wildman–Crippen LogP) is 1.52. The fourth-order valence-corrected chi connectivity index (χ4v) is 1.87. The van der Waals surface area contributed by atoms with Crippen molar-refractivity contribution in [3.05, 3.63) is 33.8 Å². The highest BCUT2D eigenvalue weighted by Gasteiger charge is 2.32. The first kappa shape index (κ1) is 15.7. The Hall–Kier alpha value is -0.360. The van der Waals surface area contributed by atoms with Gasteiger partial charge in [-0.25, -0.2) is 0 Å². The highest BCUT2D eigenvalue weighted by molar-refractivity contribution is 6.42. The van der Waals surface area contributed by atoms with Crippen LogP contribution in [0.1, 0.15) is 25.0 Å². The molecule has 0 saturated carbocycles. The molecule has 1 aromatic rings. The largest absolute Gasteiger partial charge is 0.394 e. The van der Waals surface area contributed by atoms with Crippen LogP contribution in [-0.2, 0) is 0 Å². The second-order valence-corrected chi connectivity index (χ2v) is 5.26. The quantitative estimate of drug-likeness (QED) is 0.664. The average molecular weight is 295 g/mol. The summed E-state index contributed by atoms with van der Waals surface area (Å²) in [7, 11) is 0. The SMILES string of the molecule is C[C@@](O)(CC(O)c1ccc(Cl)c(Cl)c1)C(O)CO. The summed E-state index contributed by atoms with van der Waals surface area (Å²) in [5.41, 5.74) is -1.12. The molecule has 0 bridgehead atoms. The van der Waals surface area contributed by atoms with Gasteiger partial charge in [0.2, 0.25) is 0 Å². The van der Waals surface area contributed by atoms with Crippen LogP contribution in [0.15, 0.2) is 18.2 Å². The van der Waals surface area contributed by atoms with Gasteiger partial charge in [-0.05, 0) is 24.6 Å². The van der Waals surface area contributed by atoms with Crippen LogP contribution in [0.2, 0.25) is 10.0 Å². The van der Waals surface area contributed by atoms with E-state index in [-0.39, 0.29) is 6.42 Å². The standard InChI is InChI=1S/C12H16Cl2O4/c1-12(18,11(17)6-15)5-10(16)7-2-3-8(13)9(14)4-7/h2-4,10-11,15-18H,5-6H2,1H3/t10?,11?,12-/m1/s1. The van der Waals surface area contributed by atoms with Crippen molar-refractivity contribution in [2.75, 3.05) is 6.61 Å². The molecule has 0 radical (unpaired) electrons. The number of aliphatic hydroxyl groups excluding tert-OH is 3. The van der Waals surface area contributed by atoms with Crippen molar-refractivity contribution < 1.29 is 20.4 Å². The van der Waals surface area contributed by atoms with Crippen LogP contribution in [0.3, 0.4) is 0 Å². The molecule has 3 atom stereocenters. The second-order valence-electron chi connectivity index (χ2n) is 4.45.